The summed E-state index contributed by atoms with van der Waals surface area (Å²) in [6, 6.07) is 0. The summed E-state index contributed by atoms with van der Waals surface area (Å²) >= 11 is 0. The fourth-order valence-corrected chi connectivity index (χ4v) is 1.58. The molecule has 1 aliphatic heterocycles. The first kappa shape index (κ1) is 17.5. The van der Waals surface area contributed by atoms with Gasteiger partial charge < -0.3 is 34.9 Å². The summed E-state index contributed by atoms with van der Waals surface area (Å²) in [4.78, 5) is 16.8. The molecule has 11 heteroatoms. The van der Waals surface area contributed by atoms with Crippen LogP contribution in [-0.2, 0) is 33.3 Å². The summed E-state index contributed by atoms with van der Waals surface area (Å²) in [5, 5.41) is 36.7. The molecular formula is C6H13O9PZn. The number of hydrogen-bond acceptors (Lipinski definition) is 7. The van der Waals surface area contributed by atoms with Crippen LogP contribution in [0.2, 0.25) is 0 Å². The molecule has 1 aliphatic rings. The van der Waals surface area contributed by atoms with Crippen molar-refractivity contribution in [3.05, 3.63) is 0 Å². The van der Waals surface area contributed by atoms with Crippen LogP contribution in [0.4, 0.5) is 0 Å². The van der Waals surface area contributed by atoms with E-state index in [9.17, 15) is 14.8 Å². The summed E-state index contributed by atoms with van der Waals surface area (Å²) in [6.07, 6.45) is -8.11. The van der Waals surface area contributed by atoms with Crippen LogP contribution in [-0.4, -0.2) is 67.5 Å². The third-order valence-electron chi connectivity index (χ3n) is 2.09. The van der Waals surface area contributed by atoms with Gasteiger partial charge in [0.05, 0.1) is 6.61 Å². The summed E-state index contributed by atoms with van der Waals surface area (Å²) in [5.41, 5.74) is 0. The zero-order valence-electron chi connectivity index (χ0n) is 8.66. The van der Waals surface area contributed by atoms with Gasteiger partial charge in [-0.05, 0) is 0 Å². The van der Waals surface area contributed by atoms with E-state index in [4.69, 9.17) is 20.0 Å². The van der Waals surface area contributed by atoms with Crippen molar-refractivity contribution in [2.75, 3.05) is 6.61 Å². The minimum absolute atomic E-state index is 0. The van der Waals surface area contributed by atoms with Gasteiger partial charge in [0.2, 0.25) is 0 Å². The van der Waals surface area contributed by atoms with E-state index in [-0.39, 0.29) is 19.5 Å². The Hall–Kier alpha value is 0.533. The zero-order valence-corrected chi connectivity index (χ0v) is 12.5. The Morgan fingerprint density at radius 1 is 1.06 bits per heavy atom. The monoisotopic (exact) mass is 324 g/mol. The van der Waals surface area contributed by atoms with Crippen LogP contribution in [0.25, 0.3) is 0 Å². The number of phosphoric acid groups is 1. The van der Waals surface area contributed by atoms with E-state index in [1.165, 1.54) is 0 Å². The average Bonchev–Trinajstić information content (AvgIpc) is 2.17. The maximum Gasteiger partial charge on any atom is 0.469 e. The molecule has 1 rings (SSSR count). The Bertz CT molecular complexity index is 283. The minimum atomic E-state index is -4.73. The van der Waals surface area contributed by atoms with Gasteiger partial charge in [0.25, 0.3) is 0 Å². The molecule has 0 aromatic rings. The molecule has 1 saturated heterocycles. The quantitative estimate of drug-likeness (QED) is 0.233. The Balaban J connectivity index is 0.00000256. The molecule has 0 unspecified atom stereocenters. The van der Waals surface area contributed by atoms with Crippen molar-refractivity contribution in [2.24, 2.45) is 0 Å². The topological polar surface area (TPSA) is 157 Å². The summed E-state index contributed by atoms with van der Waals surface area (Å²) < 4.78 is 19.0. The van der Waals surface area contributed by atoms with Gasteiger partial charge >= 0.3 is 7.82 Å². The Kier molecular flexibility index (Phi) is 6.84. The summed E-state index contributed by atoms with van der Waals surface area (Å²) in [5.74, 6) is 0. The van der Waals surface area contributed by atoms with Gasteiger partial charge in [-0.25, -0.2) is 4.57 Å². The van der Waals surface area contributed by atoms with Crippen molar-refractivity contribution in [2.45, 2.75) is 30.7 Å². The van der Waals surface area contributed by atoms with Crippen LogP contribution in [0, 0.1) is 0 Å². The Morgan fingerprint density at radius 2 is 1.59 bits per heavy atom. The van der Waals surface area contributed by atoms with Crippen molar-refractivity contribution < 1.29 is 63.5 Å². The van der Waals surface area contributed by atoms with E-state index >= 15 is 0 Å². The number of aliphatic hydroxyl groups excluding tert-OH is 4. The van der Waals surface area contributed by atoms with Gasteiger partial charge in [-0.3, -0.25) is 4.52 Å². The predicted octanol–water partition coefficient (Wildman–Crippen LogP) is -3.11. The first-order valence-electron chi connectivity index (χ1n) is 4.30. The molecule has 0 amide bonds. The summed E-state index contributed by atoms with van der Waals surface area (Å²) in [6.45, 7) is -0.730. The largest absolute Gasteiger partial charge is 0.469 e. The standard InChI is InChI=1S/C6H13O9P.Zn/c7-3-2(1-14-16(11,12)13)15-6(10)5(9)4(3)8;/h2-10H,1H2,(H2,11,12,13);/t2-,3-,4+,5-,6+;/m1./s1. The van der Waals surface area contributed by atoms with Crippen molar-refractivity contribution in [1.29, 1.82) is 0 Å². The van der Waals surface area contributed by atoms with Gasteiger partial charge in [-0.2, -0.15) is 0 Å². The Labute approximate surface area is 109 Å². The van der Waals surface area contributed by atoms with Crippen LogP contribution in [0.15, 0.2) is 0 Å². The number of rotatable bonds is 3. The second kappa shape index (κ2) is 6.63. The fourth-order valence-electron chi connectivity index (χ4n) is 1.24. The molecule has 1 heterocycles. The maximum atomic E-state index is 10.4. The summed E-state index contributed by atoms with van der Waals surface area (Å²) in [7, 11) is -4.73. The number of ether oxygens (including phenoxy) is 1. The number of hydrogen-bond donors (Lipinski definition) is 6. The first-order valence-corrected chi connectivity index (χ1v) is 5.83. The first-order chi connectivity index (χ1) is 7.22. The second-order valence-corrected chi connectivity index (χ2v) is 4.56. The van der Waals surface area contributed by atoms with Crippen molar-refractivity contribution in [3.63, 3.8) is 0 Å². The molecule has 9 nitrogen and oxygen atoms in total. The molecule has 0 saturated carbocycles. The van der Waals surface area contributed by atoms with E-state index in [0.29, 0.717) is 0 Å². The van der Waals surface area contributed by atoms with Gasteiger partial charge in [-0.15, -0.1) is 0 Å². The molecule has 17 heavy (non-hydrogen) atoms. The number of phosphoric ester groups is 1. The predicted molar refractivity (Wildman–Crippen MR) is 46.9 cm³/mol. The zero-order chi connectivity index (χ0) is 12.5. The maximum absolute atomic E-state index is 10.4. The van der Waals surface area contributed by atoms with Crippen LogP contribution in [0.3, 0.4) is 0 Å². The minimum Gasteiger partial charge on any atom is -0.387 e. The van der Waals surface area contributed by atoms with E-state index < -0.39 is 45.1 Å². The smallest absolute Gasteiger partial charge is 0.387 e. The van der Waals surface area contributed by atoms with E-state index in [1.807, 2.05) is 0 Å². The third-order valence-corrected chi connectivity index (χ3v) is 2.58. The molecule has 0 radical (unpaired) electrons. The molecule has 5 atom stereocenters. The second-order valence-electron chi connectivity index (χ2n) is 3.32. The fraction of sp³-hybridized carbons (Fsp3) is 1.00. The molecule has 0 aliphatic carbocycles. The molecule has 0 bridgehead atoms. The van der Waals surface area contributed by atoms with Crippen molar-refractivity contribution in [3.8, 4) is 0 Å². The van der Waals surface area contributed by atoms with Crippen LogP contribution in [0.5, 0.6) is 0 Å². The van der Waals surface area contributed by atoms with Gasteiger partial charge in [0.1, 0.15) is 24.4 Å². The molecule has 0 aromatic carbocycles. The van der Waals surface area contributed by atoms with E-state index in [1.54, 1.807) is 0 Å². The van der Waals surface area contributed by atoms with Crippen LogP contribution < -0.4 is 0 Å². The molecule has 0 aromatic heterocycles. The molecule has 98 valence electrons. The Morgan fingerprint density at radius 3 is 2.06 bits per heavy atom. The van der Waals surface area contributed by atoms with Crippen molar-refractivity contribution >= 4 is 7.82 Å². The SMILES string of the molecule is O=P(O)(O)OC[C@H]1O[C@H](O)[C@H](O)[C@@H](O)[C@@H]1O.[Zn]. The molecular weight excluding hydrogens is 312 g/mol. The van der Waals surface area contributed by atoms with Gasteiger partial charge in [0, 0.05) is 19.5 Å². The van der Waals surface area contributed by atoms with Crippen molar-refractivity contribution in [1.82, 2.24) is 0 Å². The van der Waals surface area contributed by atoms with Gasteiger partial charge in [0.15, 0.2) is 6.29 Å². The normalized spacial score (nSPS) is 38.6. The molecule has 0 spiro atoms. The average molecular weight is 326 g/mol. The molecule has 1 fully saturated rings. The van der Waals surface area contributed by atoms with E-state index in [2.05, 4.69) is 9.26 Å². The van der Waals surface area contributed by atoms with E-state index in [0.717, 1.165) is 0 Å². The van der Waals surface area contributed by atoms with Gasteiger partial charge in [-0.1, -0.05) is 0 Å². The number of aliphatic hydroxyl groups is 4. The third kappa shape index (κ3) is 4.96. The molecule has 6 N–H and O–H groups in total. The van der Waals surface area contributed by atoms with Crippen LogP contribution in [0.1, 0.15) is 0 Å². The van der Waals surface area contributed by atoms with Crippen LogP contribution >= 0.6 is 7.82 Å².